The van der Waals surface area contributed by atoms with Gasteiger partial charge in [-0.2, -0.15) is 28.6 Å². The Balaban J connectivity index is 0.767. The molecule has 0 radical (unpaired) electrons. The van der Waals surface area contributed by atoms with Crippen LogP contribution in [0, 0.1) is 99.1 Å². The fourth-order valence-corrected chi connectivity index (χ4v) is 23.8. The molecule has 109 heavy (non-hydrogen) atoms. The average molecular weight is 1620 g/mol. The highest BCUT2D eigenvalue weighted by atomic mass is 32.2. The zero-order chi connectivity index (χ0) is 78.6. The molecule has 6 N–H and O–H groups in total. The first-order valence-electron chi connectivity index (χ1n) is 34.6. The largest absolute Gasteiger partial charge is 0.430 e. The van der Waals surface area contributed by atoms with E-state index in [1.807, 2.05) is 18.7 Å². The van der Waals surface area contributed by atoms with E-state index < -0.39 is 240 Å². The van der Waals surface area contributed by atoms with Gasteiger partial charge >= 0.3 is 5.91 Å². The number of hydrogen-bond donors (Lipinski definition) is 6. The summed E-state index contributed by atoms with van der Waals surface area (Å²) in [6, 6.07) is 2.90. The molecule has 2 bridgehead atoms. The summed E-state index contributed by atoms with van der Waals surface area (Å²) in [5.41, 5.74) is -16.0. The number of fused-ring (bicyclic) bond motifs is 3. The second-order valence-electron chi connectivity index (χ2n) is 28.6. The maximum Gasteiger partial charge on any atom is 0.430 e. The molecule has 10 unspecified atom stereocenters. The molecule has 1 spiro atoms. The number of carbonyl (C=O) groups is 3. The first kappa shape index (κ1) is 77.7. The predicted octanol–water partition coefficient (Wildman–Crippen LogP) is 8.10. The molecule has 8 aliphatic heterocycles. The van der Waals surface area contributed by atoms with Crippen molar-refractivity contribution in [3.63, 3.8) is 0 Å². The van der Waals surface area contributed by atoms with Crippen molar-refractivity contribution in [2.45, 2.75) is 155 Å². The van der Waals surface area contributed by atoms with Crippen LogP contribution in [-0.4, -0.2) is 151 Å². The molecule has 11 heterocycles. The number of nitrogens with zero attached hydrogens (tertiary/aromatic N) is 4. The zero-order valence-electron chi connectivity index (χ0n) is 57.9. The maximum absolute atomic E-state index is 17.1. The molecule has 0 saturated carbocycles. The quantitative estimate of drug-likeness (QED) is 0.00571. The Hall–Kier alpha value is -8.02. The first-order chi connectivity index (χ1) is 51.4. The van der Waals surface area contributed by atoms with Crippen LogP contribution in [0.2, 0.25) is 19.1 Å². The fourth-order valence-electron chi connectivity index (χ4n) is 16.4. The van der Waals surface area contributed by atoms with Gasteiger partial charge in [-0.1, -0.05) is 19.8 Å². The Morgan fingerprint density at radius 2 is 1.13 bits per heavy atom. The van der Waals surface area contributed by atoms with Crippen LogP contribution in [0.3, 0.4) is 0 Å². The van der Waals surface area contributed by atoms with Gasteiger partial charge in [0.05, 0.1) is 73.5 Å². The molecule has 2 fully saturated rings. The fraction of sp³-hybridized carbons (Fsp3) is 0.429. The molecule has 584 valence electrons. The highest BCUT2D eigenvalue weighted by Crippen LogP contribution is 2.59. The SMILES string of the molecule is CC(CNCCNC(=O)CCCCCNC(=O)CCCCC1SCC2CC(=O)NC21)C[Si](C)(C)OC(C)C(O)C1OS(=O)(=O)c2cc3n4c2C(c2c(F)c(F)c(F)c(F)c2F)=C2C=CC5=[N+]2C42n4c(cc(c4-3)S(=O)(=O)OC1C(C)O)C(c1c(F)c(F)c(F)c(F)c1F)=c1ccc(n12)=C5c1c(F)c(F)c(F)c(F)c1F. The Labute approximate surface area is 615 Å². The normalized spacial score (nSPS) is 22.7. The third kappa shape index (κ3) is 12.3. The highest BCUT2D eigenvalue weighted by molar-refractivity contribution is 8.00. The lowest BCUT2D eigenvalue weighted by Gasteiger charge is -2.41. The van der Waals surface area contributed by atoms with Gasteiger partial charge in [0.25, 0.3) is 20.2 Å². The summed E-state index contributed by atoms with van der Waals surface area (Å²) in [4.78, 5) is 34.1. The van der Waals surface area contributed by atoms with E-state index in [2.05, 4.69) is 21.3 Å². The number of aliphatic hydroxyl groups excluding tert-OH is 2. The van der Waals surface area contributed by atoms with Crippen molar-refractivity contribution >= 4 is 80.5 Å². The van der Waals surface area contributed by atoms with Crippen molar-refractivity contribution in [2.75, 3.05) is 31.9 Å². The first-order valence-corrected chi connectivity index (χ1v) is 41.6. The van der Waals surface area contributed by atoms with Gasteiger partial charge in [-0.3, -0.25) is 22.7 Å². The molecular weight excluding hydrogens is 1550 g/mol. The number of amides is 3. The number of rotatable bonds is 26. The highest BCUT2D eigenvalue weighted by Gasteiger charge is 2.70. The van der Waals surface area contributed by atoms with Crippen molar-refractivity contribution in [3.05, 3.63) is 168 Å². The van der Waals surface area contributed by atoms with E-state index in [1.165, 1.54) is 6.92 Å². The molecule has 2 saturated heterocycles. The summed E-state index contributed by atoms with van der Waals surface area (Å²) in [5, 5.41) is 34.7. The molecule has 20 nitrogen and oxygen atoms in total. The van der Waals surface area contributed by atoms with Crippen LogP contribution in [0.25, 0.3) is 28.1 Å². The molecule has 3 aromatic heterocycles. The van der Waals surface area contributed by atoms with Gasteiger partial charge in [0.1, 0.15) is 28.1 Å². The third-order valence-corrected chi connectivity index (χ3v) is 27.8. The van der Waals surface area contributed by atoms with Crippen LogP contribution in [0.15, 0.2) is 51.9 Å². The lowest BCUT2D eigenvalue weighted by molar-refractivity contribution is -0.610. The zero-order valence-corrected chi connectivity index (χ0v) is 61.4. The number of thioether (sulfide) groups is 1. The van der Waals surface area contributed by atoms with Crippen molar-refractivity contribution < 1.29 is 125 Å². The van der Waals surface area contributed by atoms with Gasteiger partial charge in [-0.25, -0.2) is 79.6 Å². The van der Waals surface area contributed by atoms with Gasteiger partial charge in [0, 0.05) is 67.9 Å². The smallest absolute Gasteiger partial charge is 0.412 e. The molecule has 39 heteroatoms. The maximum atomic E-state index is 17.1. The second kappa shape index (κ2) is 28.3. The Morgan fingerprint density at radius 1 is 0.633 bits per heavy atom. The summed E-state index contributed by atoms with van der Waals surface area (Å²) in [7, 11) is -15.3. The standard InChI is InChI=1S/C70H65F15N8O12S3Si/c1-27(24-86-19-20-88-41(96)12-7-6-10-18-87-40(95)13-9-8-11-37-64-30(25-106-37)21-42(97)89-64)26-109(4,5)105-29(3)67(98)69-68(28(2)94)103-107(99,100)38-22-35-44(47-51(73)57(79)62(84)58(80)52(47)74)33-15-14-31-43(46-49(71)55(77)61(83)56(78)50(46)72)32-16-17-34-45(48-53(75)59(81)63(85)60(82)54(48)76)66-39(108(101,102)104-69)23-36-65(38)92(35)70(90(31)33,91(32)34)93(36)66/h14-17,22-23,27-30,37,64,67-69,86,94,98H,6-13,18-21,24-26H2,1-5H3,(H2-,87,88,89,95,96,97)/p+1. The Morgan fingerprint density at radius 3 is 1.71 bits per heavy atom. The van der Waals surface area contributed by atoms with E-state index in [1.54, 1.807) is 13.1 Å². The monoisotopic (exact) mass is 1620 g/mol. The van der Waals surface area contributed by atoms with E-state index in [0.29, 0.717) is 112 Å². The van der Waals surface area contributed by atoms with Crippen molar-refractivity contribution in [3.8, 4) is 11.4 Å². The minimum Gasteiger partial charge on any atom is -0.412 e. The number of allylic oxidation sites excluding steroid dienone is 2. The van der Waals surface area contributed by atoms with Crippen LogP contribution in [0.4, 0.5) is 65.9 Å². The molecule has 10 atom stereocenters. The summed E-state index contributed by atoms with van der Waals surface area (Å²) in [5.74, 6) is -42.5. The minimum absolute atomic E-state index is 0.0450. The van der Waals surface area contributed by atoms with Crippen LogP contribution in [0.1, 0.15) is 107 Å². The Kier molecular flexibility index (Phi) is 20.2. The van der Waals surface area contributed by atoms with Crippen LogP contribution >= 0.6 is 11.8 Å². The van der Waals surface area contributed by atoms with E-state index >= 15 is 78.3 Å². The van der Waals surface area contributed by atoms with Crippen LogP contribution in [0.5, 0.6) is 0 Å². The van der Waals surface area contributed by atoms with E-state index in [-0.39, 0.29) is 48.7 Å². The molecule has 0 aliphatic carbocycles. The van der Waals surface area contributed by atoms with Crippen LogP contribution in [-0.2, 0) is 53.3 Å². The van der Waals surface area contributed by atoms with Gasteiger partial charge in [0.2, 0.25) is 46.6 Å². The average Bonchev–Trinajstić information content (AvgIpc) is 1.45. The summed E-state index contributed by atoms with van der Waals surface area (Å²) < 4.78 is 325. The number of benzene rings is 3. The van der Waals surface area contributed by atoms with Gasteiger partial charge in [-0.15, -0.1) is 4.58 Å². The number of aliphatic hydroxyl groups is 2. The minimum atomic E-state index is -6.13. The lowest BCUT2D eigenvalue weighted by Crippen LogP contribution is -2.67. The number of hydrogen-bond acceptors (Lipinski definition) is 14. The molecule has 14 rings (SSSR count). The van der Waals surface area contributed by atoms with E-state index in [4.69, 9.17) is 12.8 Å². The molecule has 3 amide bonds. The van der Waals surface area contributed by atoms with Crippen molar-refractivity contribution in [1.82, 2.24) is 35.0 Å². The topological polar surface area (TPSA) is 254 Å². The number of carbonyl (C=O) groups excluding carboxylic acids is 3. The van der Waals surface area contributed by atoms with E-state index in [0.717, 1.165) is 38.0 Å². The molecule has 6 aromatic rings. The summed E-state index contributed by atoms with van der Waals surface area (Å²) in [6.07, 6.45) is -4.83. The van der Waals surface area contributed by atoms with Gasteiger partial charge < -0.3 is 35.9 Å². The summed E-state index contributed by atoms with van der Waals surface area (Å²) in [6.45, 7) is 8.52. The van der Waals surface area contributed by atoms with Crippen LogP contribution < -0.4 is 32.0 Å². The van der Waals surface area contributed by atoms with Crippen molar-refractivity contribution in [2.24, 2.45) is 11.8 Å². The number of nitrogens with one attached hydrogen (secondary N) is 4. The predicted molar refractivity (Wildman–Crippen MR) is 359 cm³/mol. The van der Waals surface area contributed by atoms with Crippen molar-refractivity contribution in [1.29, 1.82) is 0 Å². The lowest BCUT2D eigenvalue weighted by atomic mass is 9.94. The molecular formula is C70H66F15N8O12S3Si+. The Bertz CT molecular complexity index is 5350. The van der Waals surface area contributed by atoms with E-state index in [9.17, 15) is 29.0 Å². The second-order valence-corrected chi connectivity index (χ2v) is 37.2. The molecule has 8 aliphatic rings. The number of aromatic nitrogens is 3. The molecule has 3 aromatic carbocycles. The number of halogens is 15. The van der Waals surface area contributed by atoms with Gasteiger partial charge in [-0.05, 0) is 107 Å². The third-order valence-electron chi connectivity index (χ3n) is 20.9. The summed E-state index contributed by atoms with van der Waals surface area (Å²) >= 11 is 1.88. The number of unbranched alkanes of at least 4 members (excludes halogenated alkanes) is 3. The van der Waals surface area contributed by atoms with Gasteiger partial charge in [0.15, 0.2) is 78.1 Å².